The van der Waals surface area contributed by atoms with Crippen molar-refractivity contribution in [3.63, 3.8) is 0 Å². The summed E-state index contributed by atoms with van der Waals surface area (Å²) >= 11 is 0. The third kappa shape index (κ3) is 1.86. The van der Waals surface area contributed by atoms with Crippen molar-refractivity contribution < 1.29 is 19.7 Å². The predicted molar refractivity (Wildman–Crippen MR) is 58.2 cm³/mol. The molecule has 1 aromatic carbocycles. The van der Waals surface area contributed by atoms with Crippen LogP contribution in [0.4, 0.5) is 0 Å². The number of nitrogens with one attached hydrogen (secondary N) is 1. The molecule has 0 bridgehead atoms. The highest BCUT2D eigenvalue weighted by molar-refractivity contribution is 5.54. The van der Waals surface area contributed by atoms with Crippen molar-refractivity contribution in [1.29, 1.82) is 0 Å². The third-order valence-electron chi connectivity index (χ3n) is 2.61. The number of methoxy groups -OCH3 is 1. The second-order valence-electron chi connectivity index (χ2n) is 4.15. The molecule has 0 amide bonds. The highest BCUT2D eigenvalue weighted by Crippen LogP contribution is 2.40. The van der Waals surface area contributed by atoms with Crippen LogP contribution in [0.5, 0.6) is 23.0 Å². The van der Waals surface area contributed by atoms with Gasteiger partial charge in [0.1, 0.15) is 11.4 Å². The smallest absolute Gasteiger partial charge is 0.200 e. The van der Waals surface area contributed by atoms with E-state index in [9.17, 15) is 10.2 Å². The van der Waals surface area contributed by atoms with Gasteiger partial charge in [-0.1, -0.05) is 0 Å². The molecule has 5 nitrogen and oxygen atoms in total. The molecule has 2 rings (SSSR count). The van der Waals surface area contributed by atoms with E-state index in [2.05, 4.69) is 5.32 Å². The Bertz CT molecular complexity index is 401. The van der Waals surface area contributed by atoms with Gasteiger partial charge < -0.3 is 25.0 Å². The van der Waals surface area contributed by atoms with Gasteiger partial charge in [0, 0.05) is 25.2 Å². The molecule has 5 heteroatoms. The van der Waals surface area contributed by atoms with E-state index < -0.39 is 0 Å². The lowest BCUT2D eigenvalue weighted by Crippen LogP contribution is -2.60. The standard InChI is InChI=1S/C11H15NO4/c1-11(5-12-6-11)16-7-3-8(13)10(14)9(4-7)15-2/h3-4,12-14H,5-6H2,1-2H3. The molecule has 0 aromatic heterocycles. The second kappa shape index (κ2) is 3.75. The molecule has 1 aliphatic heterocycles. The summed E-state index contributed by atoms with van der Waals surface area (Å²) < 4.78 is 10.6. The summed E-state index contributed by atoms with van der Waals surface area (Å²) in [6.45, 7) is 3.49. The van der Waals surface area contributed by atoms with E-state index in [1.807, 2.05) is 6.92 Å². The van der Waals surface area contributed by atoms with Gasteiger partial charge in [0.25, 0.3) is 0 Å². The van der Waals surface area contributed by atoms with Crippen LogP contribution in [0.15, 0.2) is 12.1 Å². The average molecular weight is 225 g/mol. The van der Waals surface area contributed by atoms with Crippen molar-refractivity contribution in [2.45, 2.75) is 12.5 Å². The molecule has 1 aliphatic rings. The predicted octanol–water partition coefficient (Wildman–Crippen LogP) is 0.847. The first-order valence-corrected chi connectivity index (χ1v) is 5.04. The Balaban J connectivity index is 2.24. The molecule has 0 unspecified atom stereocenters. The van der Waals surface area contributed by atoms with E-state index in [1.165, 1.54) is 13.2 Å². The van der Waals surface area contributed by atoms with Crippen LogP contribution in [-0.2, 0) is 0 Å². The quantitative estimate of drug-likeness (QED) is 0.665. The molecule has 1 saturated heterocycles. The summed E-state index contributed by atoms with van der Waals surface area (Å²) in [6.07, 6.45) is 0. The van der Waals surface area contributed by atoms with Crippen molar-refractivity contribution in [3.05, 3.63) is 12.1 Å². The van der Waals surface area contributed by atoms with E-state index in [-0.39, 0.29) is 22.8 Å². The molecule has 0 radical (unpaired) electrons. The highest BCUT2D eigenvalue weighted by Gasteiger charge is 2.34. The number of rotatable bonds is 3. The molecule has 0 atom stereocenters. The first kappa shape index (κ1) is 10.9. The Labute approximate surface area is 93.6 Å². The van der Waals surface area contributed by atoms with Gasteiger partial charge in [-0.3, -0.25) is 0 Å². The van der Waals surface area contributed by atoms with Gasteiger partial charge in [0.15, 0.2) is 11.5 Å². The van der Waals surface area contributed by atoms with E-state index in [4.69, 9.17) is 9.47 Å². The number of benzene rings is 1. The number of aromatic hydroxyl groups is 2. The Hall–Kier alpha value is -1.62. The number of hydrogen-bond donors (Lipinski definition) is 3. The Morgan fingerprint density at radius 3 is 2.50 bits per heavy atom. The summed E-state index contributed by atoms with van der Waals surface area (Å²) in [5, 5.41) is 22.0. The second-order valence-corrected chi connectivity index (χ2v) is 4.15. The number of phenolic OH excluding ortho intramolecular Hbond substituents is 2. The van der Waals surface area contributed by atoms with Crippen molar-refractivity contribution >= 4 is 0 Å². The zero-order chi connectivity index (χ0) is 11.8. The maximum atomic E-state index is 9.47. The first-order valence-electron chi connectivity index (χ1n) is 5.04. The topological polar surface area (TPSA) is 71.0 Å². The number of phenols is 2. The number of hydrogen-bond acceptors (Lipinski definition) is 5. The number of ether oxygens (including phenoxy) is 2. The van der Waals surface area contributed by atoms with Crippen LogP contribution in [0.2, 0.25) is 0 Å². The summed E-state index contributed by atoms with van der Waals surface area (Å²) in [5.41, 5.74) is -0.256. The summed E-state index contributed by atoms with van der Waals surface area (Å²) in [4.78, 5) is 0. The minimum absolute atomic E-state index is 0.200. The minimum Gasteiger partial charge on any atom is -0.504 e. The fraction of sp³-hybridized carbons (Fsp3) is 0.455. The van der Waals surface area contributed by atoms with Crippen molar-refractivity contribution in [3.8, 4) is 23.0 Å². The van der Waals surface area contributed by atoms with Crippen LogP contribution < -0.4 is 14.8 Å². The Morgan fingerprint density at radius 2 is 2.00 bits per heavy atom. The highest BCUT2D eigenvalue weighted by atomic mass is 16.5. The lowest BCUT2D eigenvalue weighted by molar-refractivity contribution is 0.0344. The van der Waals surface area contributed by atoms with E-state index in [0.717, 1.165) is 13.1 Å². The van der Waals surface area contributed by atoms with Gasteiger partial charge in [-0.15, -0.1) is 0 Å². The third-order valence-corrected chi connectivity index (χ3v) is 2.61. The molecule has 88 valence electrons. The molecule has 0 spiro atoms. The molecule has 0 aliphatic carbocycles. The molecular formula is C11H15NO4. The van der Waals surface area contributed by atoms with Gasteiger partial charge in [-0.05, 0) is 6.92 Å². The Morgan fingerprint density at radius 1 is 1.31 bits per heavy atom. The summed E-state index contributed by atoms with van der Waals surface area (Å²) in [7, 11) is 1.42. The van der Waals surface area contributed by atoms with Gasteiger partial charge >= 0.3 is 0 Å². The minimum atomic E-state index is -0.272. The molecule has 3 N–H and O–H groups in total. The van der Waals surface area contributed by atoms with Crippen molar-refractivity contribution in [1.82, 2.24) is 5.32 Å². The van der Waals surface area contributed by atoms with Crippen molar-refractivity contribution in [2.24, 2.45) is 0 Å². The fourth-order valence-electron chi connectivity index (χ4n) is 1.62. The molecule has 1 fully saturated rings. The zero-order valence-corrected chi connectivity index (χ0v) is 9.28. The fourth-order valence-corrected chi connectivity index (χ4v) is 1.62. The van der Waals surface area contributed by atoms with Crippen LogP contribution in [-0.4, -0.2) is 36.0 Å². The van der Waals surface area contributed by atoms with E-state index in [1.54, 1.807) is 6.07 Å². The molecule has 16 heavy (non-hydrogen) atoms. The Kier molecular flexibility index (Phi) is 2.55. The van der Waals surface area contributed by atoms with Crippen LogP contribution in [0.3, 0.4) is 0 Å². The van der Waals surface area contributed by atoms with Gasteiger partial charge in [-0.25, -0.2) is 0 Å². The normalized spacial score (nSPS) is 17.6. The van der Waals surface area contributed by atoms with Crippen LogP contribution in [0.25, 0.3) is 0 Å². The maximum absolute atomic E-state index is 9.47. The zero-order valence-electron chi connectivity index (χ0n) is 9.28. The molecular weight excluding hydrogens is 210 g/mol. The summed E-state index contributed by atoms with van der Waals surface area (Å²) in [6, 6.07) is 2.93. The maximum Gasteiger partial charge on any atom is 0.200 e. The lowest BCUT2D eigenvalue weighted by Gasteiger charge is -2.39. The van der Waals surface area contributed by atoms with E-state index >= 15 is 0 Å². The van der Waals surface area contributed by atoms with Gasteiger partial charge in [-0.2, -0.15) is 0 Å². The monoisotopic (exact) mass is 225 g/mol. The van der Waals surface area contributed by atoms with Gasteiger partial charge in [0.2, 0.25) is 5.75 Å². The average Bonchev–Trinajstić information content (AvgIpc) is 2.21. The largest absolute Gasteiger partial charge is 0.504 e. The van der Waals surface area contributed by atoms with Crippen LogP contribution in [0, 0.1) is 0 Å². The molecule has 1 heterocycles. The van der Waals surface area contributed by atoms with Crippen LogP contribution in [0.1, 0.15) is 6.92 Å². The van der Waals surface area contributed by atoms with Gasteiger partial charge in [0.05, 0.1) is 7.11 Å². The van der Waals surface area contributed by atoms with Crippen molar-refractivity contribution in [2.75, 3.05) is 20.2 Å². The molecule has 0 saturated carbocycles. The SMILES string of the molecule is COc1cc(OC2(C)CNC2)cc(O)c1O. The van der Waals surface area contributed by atoms with Crippen LogP contribution >= 0.6 is 0 Å². The van der Waals surface area contributed by atoms with E-state index in [0.29, 0.717) is 5.75 Å². The first-order chi connectivity index (χ1) is 7.54. The molecule has 1 aromatic rings. The lowest BCUT2D eigenvalue weighted by atomic mass is 10.00. The summed E-state index contributed by atoms with van der Waals surface area (Å²) in [5.74, 6) is 0.166.